The van der Waals surface area contributed by atoms with Gasteiger partial charge in [0.2, 0.25) is 11.9 Å². The Balaban J connectivity index is 2.13. The summed E-state index contributed by atoms with van der Waals surface area (Å²) in [5, 5.41) is 3.82. The summed E-state index contributed by atoms with van der Waals surface area (Å²) in [4.78, 5) is 25.9. The third-order valence-electron chi connectivity index (χ3n) is 2.89. The zero-order valence-electron chi connectivity index (χ0n) is 13.0. The summed E-state index contributed by atoms with van der Waals surface area (Å²) in [6.45, 7) is 3.43. The summed E-state index contributed by atoms with van der Waals surface area (Å²) in [6, 6.07) is 0. The van der Waals surface area contributed by atoms with E-state index in [1.807, 2.05) is 6.92 Å². The molecule has 2 aromatic rings. The lowest BCUT2D eigenvalue weighted by Gasteiger charge is -2.11. The fourth-order valence-corrected chi connectivity index (χ4v) is 1.81. The highest BCUT2D eigenvalue weighted by Gasteiger charge is 2.21. The SMILES string of the molecule is CCc1noc(C)c1C(=O)OCc1nc(N)nc(N(C)C)n1. The van der Waals surface area contributed by atoms with Crippen molar-refractivity contribution < 1.29 is 14.1 Å². The molecule has 0 radical (unpaired) electrons. The van der Waals surface area contributed by atoms with Crippen molar-refractivity contribution in [1.29, 1.82) is 0 Å². The maximum absolute atomic E-state index is 12.1. The van der Waals surface area contributed by atoms with Gasteiger partial charge in [0.05, 0.1) is 5.69 Å². The molecule has 0 aliphatic heterocycles. The van der Waals surface area contributed by atoms with Gasteiger partial charge >= 0.3 is 5.97 Å². The van der Waals surface area contributed by atoms with Crippen LogP contribution in [0.3, 0.4) is 0 Å². The minimum Gasteiger partial charge on any atom is -0.454 e. The molecule has 22 heavy (non-hydrogen) atoms. The third-order valence-corrected chi connectivity index (χ3v) is 2.89. The number of aryl methyl sites for hydroxylation is 2. The quantitative estimate of drug-likeness (QED) is 0.797. The molecule has 0 aliphatic rings. The second kappa shape index (κ2) is 6.37. The van der Waals surface area contributed by atoms with E-state index in [4.69, 9.17) is 15.0 Å². The van der Waals surface area contributed by atoms with Crippen molar-refractivity contribution in [2.75, 3.05) is 24.7 Å². The first-order chi connectivity index (χ1) is 10.4. The normalized spacial score (nSPS) is 10.5. The van der Waals surface area contributed by atoms with Crippen LogP contribution in [0.2, 0.25) is 0 Å². The van der Waals surface area contributed by atoms with Gasteiger partial charge in [-0.25, -0.2) is 4.79 Å². The van der Waals surface area contributed by atoms with Gasteiger partial charge in [-0.1, -0.05) is 12.1 Å². The Labute approximate surface area is 127 Å². The van der Waals surface area contributed by atoms with Crippen LogP contribution in [0.1, 0.15) is 34.6 Å². The molecule has 0 saturated heterocycles. The van der Waals surface area contributed by atoms with Gasteiger partial charge in [-0.2, -0.15) is 15.0 Å². The second-order valence-electron chi connectivity index (χ2n) is 4.79. The van der Waals surface area contributed by atoms with E-state index in [0.717, 1.165) is 0 Å². The number of carbonyl (C=O) groups is 1. The number of rotatable bonds is 5. The lowest BCUT2D eigenvalue weighted by Crippen LogP contribution is -2.17. The van der Waals surface area contributed by atoms with Crippen LogP contribution in [0.4, 0.5) is 11.9 Å². The molecule has 0 aliphatic carbocycles. The molecule has 0 unspecified atom stereocenters. The van der Waals surface area contributed by atoms with E-state index < -0.39 is 5.97 Å². The predicted molar refractivity (Wildman–Crippen MR) is 78.3 cm³/mol. The summed E-state index contributed by atoms with van der Waals surface area (Å²) in [7, 11) is 3.55. The Morgan fingerprint density at radius 3 is 2.68 bits per heavy atom. The molecule has 2 aromatic heterocycles. The lowest BCUT2D eigenvalue weighted by atomic mass is 10.1. The molecule has 0 bridgehead atoms. The number of aromatic nitrogens is 4. The van der Waals surface area contributed by atoms with Gasteiger partial charge in [-0.3, -0.25) is 0 Å². The van der Waals surface area contributed by atoms with Crippen LogP contribution in [0, 0.1) is 6.92 Å². The van der Waals surface area contributed by atoms with E-state index in [2.05, 4.69) is 20.1 Å². The van der Waals surface area contributed by atoms with Gasteiger partial charge in [0, 0.05) is 14.1 Å². The molecule has 9 nitrogen and oxygen atoms in total. The van der Waals surface area contributed by atoms with Crippen molar-refractivity contribution >= 4 is 17.9 Å². The van der Waals surface area contributed by atoms with Crippen molar-refractivity contribution in [3.05, 3.63) is 22.8 Å². The van der Waals surface area contributed by atoms with Gasteiger partial charge in [-0.15, -0.1) is 0 Å². The van der Waals surface area contributed by atoms with Crippen molar-refractivity contribution in [3.8, 4) is 0 Å². The van der Waals surface area contributed by atoms with Crippen molar-refractivity contribution in [3.63, 3.8) is 0 Å². The average molecular weight is 306 g/mol. The third kappa shape index (κ3) is 3.30. The van der Waals surface area contributed by atoms with Crippen LogP contribution >= 0.6 is 0 Å². The van der Waals surface area contributed by atoms with E-state index in [1.165, 1.54) is 0 Å². The topological polar surface area (TPSA) is 120 Å². The summed E-state index contributed by atoms with van der Waals surface area (Å²) in [6.07, 6.45) is 0.575. The highest BCUT2D eigenvalue weighted by atomic mass is 16.5. The zero-order chi connectivity index (χ0) is 16.3. The van der Waals surface area contributed by atoms with Gasteiger partial charge < -0.3 is 19.9 Å². The number of anilines is 2. The summed E-state index contributed by atoms with van der Waals surface area (Å²) in [5.74, 6) is 0.637. The zero-order valence-corrected chi connectivity index (χ0v) is 13.0. The largest absolute Gasteiger partial charge is 0.454 e. The van der Waals surface area contributed by atoms with Crippen molar-refractivity contribution in [2.24, 2.45) is 0 Å². The summed E-state index contributed by atoms with van der Waals surface area (Å²) < 4.78 is 10.2. The fourth-order valence-electron chi connectivity index (χ4n) is 1.81. The van der Waals surface area contributed by atoms with Crippen molar-refractivity contribution in [2.45, 2.75) is 26.9 Å². The molecule has 0 fully saturated rings. The van der Waals surface area contributed by atoms with E-state index in [9.17, 15) is 4.79 Å². The van der Waals surface area contributed by atoms with Gasteiger partial charge in [0.25, 0.3) is 0 Å². The van der Waals surface area contributed by atoms with Gasteiger partial charge in [-0.05, 0) is 13.3 Å². The Bertz CT molecular complexity index is 682. The first kappa shape index (κ1) is 15.7. The highest BCUT2D eigenvalue weighted by Crippen LogP contribution is 2.16. The molecule has 2 rings (SSSR count). The molecule has 9 heteroatoms. The number of nitrogen functional groups attached to an aromatic ring is 1. The van der Waals surface area contributed by atoms with E-state index >= 15 is 0 Å². The summed E-state index contributed by atoms with van der Waals surface area (Å²) >= 11 is 0. The number of carbonyl (C=O) groups excluding carboxylic acids is 1. The minimum absolute atomic E-state index is 0.0696. The Kier molecular flexibility index (Phi) is 4.54. The monoisotopic (exact) mass is 306 g/mol. The molecule has 2 heterocycles. The number of esters is 1. The number of hydrogen-bond donors (Lipinski definition) is 1. The summed E-state index contributed by atoms with van der Waals surface area (Å²) in [5.41, 5.74) is 6.52. The van der Waals surface area contributed by atoms with Crippen LogP contribution in [0.5, 0.6) is 0 Å². The minimum atomic E-state index is -0.527. The van der Waals surface area contributed by atoms with Crippen LogP contribution in [-0.4, -0.2) is 40.2 Å². The molecular formula is C13H18N6O3. The van der Waals surface area contributed by atoms with Gasteiger partial charge in [0.15, 0.2) is 12.4 Å². The van der Waals surface area contributed by atoms with Crippen LogP contribution in [0.25, 0.3) is 0 Å². The molecule has 0 saturated carbocycles. The standard InChI is InChI=1S/C13H18N6O3/c1-5-8-10(7(2)22-18-8)11(20)21-6-9-15-12(14)17-13(16-9)19(3)4/h5-6H2,1-4H3,(H2,14,15,16,17). The fraction of sp³-hybridized carbons (Fsp3) is 0.462. The Morgan fingerprint density at radius 1 is 1.32 bits per heavy atom. The molecule has 118 valence electrons. The molecular weight excluding hydrogens is 288 g/mol. The van der Waals surface area contributed by atoms with Gasteiger partial charge in [0.1, 0.15) is 11.3 Å². The van der Waals surface area contributed by atoms with Crippen LogP contribution < -0.4 is 10.6 Å². The van der Waals surface area contributed by atoms with Crippen LogP contribution in [0.15, 0.2) is 4.52 Å². The number of ether oxygens (including phenoxy) is 1. The van der Waals surface area contributed by atoms with E-state index in [1.54, 1.807) is 25.9 Å². The Hall–Kier alpha value is -2.71. The maximum Gasteiger partial charge on any atom is 0.344 e. The molecule has 0 amide bonds. The van der Waals surface area contributed by atoms with Crippen molar-refractivity contribution in [1.82, 2.24) is 20.1 Å². The lowest BCUT2D eigenvalue weighted by molar-refractivity contribution is 0.0459. The number of hydrogen-bond acceptors (Lipinski definition) is 9. The first-order valence-electron chi connectivity index (χ1n) is 6.72. The molecule has 2 N–H and O–H groups in total. The van der Waals surface area contributed by atoms with Crippen LogP contribution in [-0.2, 0) is 17.8 Å². The predicted octanol–water partition coefficient (Wildman–Crippen LogP) is 0.736. The second-order valence-corrected chi connectivity index (χ2v) is 4.79. The molecule has 0 aromatic carbocycles. The first-order valence-corrected chi connectivity index (χ1v) is 6.72. The number of nitrogens with two attached hydrogens (primary N) is 1. The van der Waals surface area contributed by atoms with E-state index in [-0.39, 0.29) is 18.4 Å². The number of nitrogens with zero attached hydrogens (tertiary/aromatic N) is 5. The molecule has 0 spiro atoms. The molecule has 0 atom stereocenters. The maximum atomic E-state index is 12.1. The van der Waals surface area contributed by atoms with E-state index in [0.29, 0.717) is 29.4 Å². The Morgan fingerprint density at radius 2 is 2.05 bits per heavy atom. The average Bonchev–Trinajstić information content (AvgIpc) is 2.85. The smallest absolute Gasteiger partial charge is 0.344 e. The highest BCUT2D eigenvalue weighted by molar-refractivity contribution is 5.91.